The predicted octanol–water partition coefficient (Wildman–Crippen LogP) is 0.958. The quantitative estimate of drug-likeness (QED) is 0.868. The molecule has 1 aliphatic heterocycles. The third-order valence-corrected chi connectivity index (χ3v) is 5.42. The summed E-state index contributed by atoms with van der Waals surface area (Å²) in [4.78, 5) is 0.125. The molecule has 1 aromatic carbocycles. The van der Waals surface area contributed by atoms with Crippen molar-refractivity contribution < 1.29 is 17.9 Å². The van der Waals surface area contributed by atoms with Gasteiger partial charge in [0, 0.05) is 30.7 Å². The van der Waals surface area contributed by atoms with Gasteiger partial charge < -0.3 is 14.8 Å². The number of likely N-dealkylation sites (N-methyl/N-ethyl adjacent to an activating group) is 1. The molecule has 8 heteroatoms. The number of nitrogens with one attached hydrogen (secondary N) is 1. The topological polar surface area (TPSA) is 67.9 Å². The van der Waals surface area contributed by atoms with Gasteiger partial charge in [-0.1, -0.05) is 11.6 Å². The second-order valence-electron chi connectivity index (χ2n) is 4.71. The average Bonchev–Trinajstić information content (AvgIpc) is 2.47. The van der Waals surface area contributed by atoms with Gasteiger partial charge in [0.25, 0.3) is 0 Å². The van der Waals surface area contributed by atoms with Crippen molar-refractivity contribution in [3.05, 3.63) is 23.2 Å². The first kappa shape index (κ1) is 16.5. The standard InChI is InChI=1S/C13H19ClN2O4S/c1-15-8-11-9-16(5-6-20-11)21(17,18)13-4-3-10(14)7-12(13)19-2/h3-4,7,11,15H,5-6,8-9H2,1-2H3. The molecule has 0 radical (unpaired) electrons. The van der Waals surface area contributed by atoms with Crippen molar-refractivity contribution in [3.8, 4) is 5.75 Å². The van der Waals surface area contributed by atoms with Gasteiger partial charge in [-0.3, -0.25) is 0 Å². The maximum Gasteiger partial charge on any atom is 0.246 e. The van der Waals surface area contributed by atoms with Crippen LogP contribution >= 0.6 is 11.6 Å². The summed E-state index contributed by atoms with van der Waals surface area (Å²) in [5, 5.41) is 3.42. The second kappa shape index (κ2) is 6.93. The van der Waals surface area contributed by atoms with Gasteiger partial charge >= 0.3 is 0 Å². The average molecular weight is 335 g/mol. The molecule has 0 saturated carbocycles. The van der Waals surface area contributed by atoms with E-state index in [-0.39, 0.29) is 16.7 Å². The van der Waals surface area contributed by atoms with E-state index in [1.165, 1.54) is 23.5 Å². The summed E-state index contributed by atoms with van der Waals surface area (Å²) in [6.45, 7) is 1.62. The van der Waals surface area contributed by atoms with Crippen LogP contribution in [-0.2, 0) is 14.8 Å². The van der Waals surface area contributed by atoms with Gasteiger partial charge in [-0.05, 0) is 19.2 Å². The molecule has 6 nitrogen and oxygen atoms in total. The van der Waals surface area contributed by atoms with E-state index in [4.69, 9.17) is 21.1 Å². The van der Waals surface area contributed by atoms with Gasteiger partial charge in [0.2, 0.25) is 10.0 Å². The van der Waals surface area contributed by atoms with Crippen molar-refractivity contribution in [2.24, 2.45) is 0 Å². The third-order valence-electron chi connectivity index (χ3n) is 3.28. The molecule has 1 unspecified atom stereocenters. The number of hydrogen-bond acceptors (Lipinski definition) is 5. The lowest BCUT2D eigenvalue weighted by molar-refractivity contribution is 0.000788. The molecule has 1 fully saturated rings. The van der Waals surface area contributed by atoms with E-state index in [0.29, 0.717) is 31.3 Å². The second-order valence-corrected chi connectivity index (χ2v) is 7.05. The summed E-state index contributed by atoms with van der Waals surface area (Å²) in [6, 6.07) is 4.52. The molecule has 1 N–H and O–H groups in total. The van der Waals surface area contributed by atoms with Crippen molar-refractivity contribution in [1.82, 2.24) is 9.62 Å². The Morgan fingerprint density at radius 1 is 1.52 bits per heavy atom. The first-order valence-electron chi connectivity index (χ1n) is 6.59. The molecule has 1 atom stereocenters. The Morgan fingerprint density at radius 3 is 2.95 bits per heavy atom. The number of rotatable bonds is 5. The highest BCUT2D eigenvalue weighted by Gasteiger charge is 2.32. The van der Waals surface area contributed by atoms with E-state index in [1.807, 2.05) is 0 Å². The van der Waals surface area contributed by atoms with Crippen LogP contribution in [-0.4, -0.2) is 59.2 Å². The van der Waals surface area contributed by atoms with Crippen molar-refractivity contribution >= 4 is 21.6 Å². The van der Waals surface area contributed by atoms with Gasteiger partial charge in [0.15, 0.2) is 0 Å². The Kier molecular flexibility index (Phi) is 5.45. The Balaban J connectivity index is 2.29. The van der Waals surface area contributed by atoms with Gasteiger partial charge in [0.1, 0.15) is 10.6 Å². The highest BCUT2D eigenvalue weighted by molar-refractivity contribution is 7.89. The minimum absolute atomic E-state index is 0.125. The Bertz CT molecular complexity index is 592. The van der Waals surface area contributed by atoms with Crippen LogP contribution in [0.25, 0.3) is 0 Å². The zero-order chi connectivity index (χ0) is 15.5. The summed E-state index contributed by atoms with van der Waals surface area (Å²) in [6.07, 6.45) is -0.156. The van der Waals surface area contributed by atoms with Gasteiger partial charge in [-0.2, -0.15) is 4.31 Å². The van der Waals surface area contributed by atoms with E-state index in [1.54, 1.807) is 13.1 Å². The molecule has 1 aromatic rings. The lowest BCUT2D eigenvalue weighted by Crippen LogP contribution is -2.48. The van der Waals surface area contributed by atoms with E-state index < -0.39 is 10.0 Å². The monoisotopic (exact) mass is 334 g/mol. The van der Waals surface area contributed by atoms with E-state index in [0.717, 1.165) is 0 Å². The first-order valence-corrected chi connectivity index (χ1v) is 8.40. The largest absolute Gasteiger partial charge is 0.495 e. The van der Waals surface area contributed by atoms with Crippen LogP contribution in [0.4, 0.5) is 0 Å². The van der Waals surface area contributed by atoms with Crippen molar-refractivity contribution in [2.45, 2.75) is 11.0 Å². The summed E-state index contributed by atoms with van der Waals surface area (Å²) >= 11 is 5.88. The Morgan fingerprint density at radius 2 is 2.29 bits per heavy atom. The number of halogens is 1. The number of morpholine rings is 1. The summed E-state index contributed by atoms with van der Waals surface area (Å²) in [5.41, 5.74) is 0. The van der Waals surface area contributed by atoms with Crippen molar-refractivity contribution in [1.29, 1.82) is 0 Å². The highest BCUT2D eigenvalue weighted by Crippen LogP contribution is 2.30. The van der Waals surface area contributed by atoms with Crippen LogP contribution in [0.15, 0.2) is 23.1 Å². The van der Waals surface area contributed by atoms with Gasteiger partial charge in [0.05, 0.1) is 19.8 Å². The lowest BCUT2D eigenvalue weighted by atomic mass is 10.3. The van der Waals surface area contributed by atoms with Crippen molar-refractivity contribution in [2.75, 3.05) is 40.4 Å². The number of methoxy groups -OCH3 is 1. The molecule has 1 aliphatic rings. The van der Waals surface area contributed by atoms with Crippen molar-refractivity contribution in [3.63, 3.8) is 0 Å². The lowest BCUT2D eigenvalue weighted by Gasteiger charge is -2.32. The fourth-order valence-corrected chi connectivity index (χ4v) is 4.01. The van der Waals surface area contributed by atoms with E-state index in [9.17, 15) is 8.42 Å². The van der Waals surface area contributed by atoms with Gasteiger partial charge in [-0.15, -0.1) is 0 Å². The van der Waals surface area contributed by atoms with Crippen LogP contribution in [0.5, 0.6) is 5.75 Å². The maximum absolute atomic E-state index is 12.8. The van der Waals surface area contributed by atoms with E-state index in [2.05, 4.69) is 5.32 Å². The molecule has 118 valence electrons. The van der Waals surface area contributed by atoms with Crippen LogP contribution in [0, 0.1) is 0 Å². The van der Waals surface area contributed by atoms with Crippen LogP contribution < -0.4 is 10.1 Å². The molecule has 2 rings (SSSR count). The zero-order valence-corrected chi connectivity index (χ0v) is 13.6. The summed E-state index contributed by atoms with van der Waals surface area (Å²) in [7, 11) is -0.402. The Labute approximate surface area is 130 Å². The molecule has 1 heterocycles. The number of benzene rings is 1. The van der Waals surface area contributed by atoms with Crippen LogP contribution in [0.2, 0.25) is 5.02 Å². The molecule has 1 saturated heterocycles. The first-order chi connectivity index (χ1) is 9.98. The highest BCUT2D eigenvalue weighted by atomic mass is 35.5. The zero-order valence-electron chi connectivity index (χ0n) is 12.0. The number of ether oxygens (including phenoxy) is 2. The molecule has 0 aromatic heterocycles. The number of nitrogens with zero attached hydrogens (tertiary/aromatic N) is 1. The summed E-state index contributed by atoms with van der Waals surface area (Å²) in [5.74, 6) is 0.249. The smallest absolute Gasteiger partial charge is 0.246 e. The van der Waals surface area contributed by atoms with Crippen LogP contribution in [0.1, 0.15) is 0 Å². The molecule has 0 aliphatic carbocycles. The summed E-state index contributed by atoms with van der Waals surface area (Å²) < 4.78 is 37.6. The predicted molar refractivity (Wildman–Crippen MR) is 80.4 cm³/mol. The third kappa shape index (κ3) is 3.67. The fraction of sp³-hybridized carbons (Fsp3) is 0.538. The molecular formula is C13H19ClN2O4S. The number of hydrogen-bond donors (Lipinski definition) is 1. The molecule has 21 heavy (non-hydrogen) atoms. The molecule has 0 bridgehead atoms. The number of sulfonamides is 1. The molecule has 0 amide bonds. The Hall–Kier alpha value is -0.860. The normalized spacial score (nSPS) is 20.4. The minimum Gasteiger partial charge on any atom is -0.495 e. The molecule has 0 spiro atoms. The molecular weight excluding hydrogens is 316 g/mol. The SMILES string of the molecule is CNCC1CN(S(=O)(=O)c2ccc(Cl)cc2OC)CCO1. The minimum atomic E-state index is -3.63. The maximum atomic E-state index is 12.8. The van der Waals surface area contributed by atoms with Crippen LogP contribution in [0.3, 0.4) is 0 Å². The van der Waals surface area contributed by atoms with Gasteiger partial charge in [-0.25, -0.2) is 8.42 Å². The fourth-order valence-electron chi connectivity index (χ4n) is 2.26. The van der Waals surface area contributed by atoms with E-state index >= 15 is 0 Å².